The van der Waals surface area contributed by atoms with Crippen LogP contribution in [-0.2, 0) is 20.9 Å². The molecule has 1 unspecified atom stereocenters. The van der Waals surface area contributed by atoms with Crippen molar-refractivity contribution in [1.82, 2.24) is 19.2 Å². The quantitative estimate of drug-likeness (QED) is 0.712. The number of esters is 1. The lowest BCUT2D eigenvalue weighted by molar-refractivity contribution is -0.155. The minimum Gasteiger partial charge on any atom is -0.467 e. The number of aromatic nitrogens is 2. The molecule has 1 aliphatic heterocycles. The summed E-state index contributed by atoms with van der Waals surface area (Å²) in [5.74, 6) is -0.445. The van der Waals surface area contributed by atoms with Gasteiger partial charge in [0.05, 0.1) is 24.9 Å². The van der Waals surface area contributed by atoms with Gasteiger partial charge in [-0.3, -0.25) is 9.69 Å². The van der Waals surface area contributed by atoms with Crippen molar-refractivity contribution in [2.24, 2.45) is 11.8 Å². The van der Waals surface area contributed by atoms with E-state index in [9.17, 15) is 9.59 Å². The number of piperidine rings is 1. The maximum Gasteiger partial charge on any atom is 0.328 e. The second-order valence-corrected chi connectivity index (χ2v) is 7.91. The zero-order chi connectivity index (χ0) is 20.3. The second kappa shape index (κ2) is 8.73. The number of imidazole rings is 1. The fourth-order valence-electron chi connectivity index (χ4n) is 4.16. The van der Waals surface area contributed by atoms with Gasteiger partial charge in [0.2, 0.25) is 5.91 Å². The fourth-order valence-corrected chi connectivity index (χ4v) is 4.16. The lowest BCUT2D eigenvalue weighted by Crippen LogP contribution is -2.51. The van der Waals surface area contributed by atoms with Gasteiger partial charge in [0.25, 0.3) is 0 Å². The number of pyridine rings is 1. The minimum absolute atomic E-state index is 0.000693. The topological polar surface area (TPSA) is 67.2 Å². The Morgan fingerprint density at radius 1 is 1.36 bits per heavy atom. The summed E-state index contributed by atoms with van der Waals surface area (Å²) < 4.78 is 7.00. The summed E-state index contributed by atoms with van der Waals surface area (Å²) in [4.78, 5) is 33.6. The summed E-state index contributed by atoms with van der Waals surface area (Å²) in [5.41, 5.74) is 2.05. The van der Waals surface area contributed by atoms with Gasteiger partial charge in [0, 0.05) is 26.3 Å². The van der Waals surface area contributed by atoms with Crippen molar-refractivity contribution in [3.8, 4) is 0 Å². The maximum atomic E-state index is 13.1. The standard InChI is InChI=1S/C21H30N4O3/c1-15(2)19(21(27)28-4)23(3)20(26)16-8-7-10-24(13-16)14-17-12-22-18-9-5-6-11-25(17)18/h5-6,9,11-12,15-16,19H,7-8,10,13-14H2,1-4H3/t16?,19-/m0/s1. The number of amides is 1. The Labute approximate surface area is 166 Å². The molecule has 7 heteroatoms. The zero-order valence-electron chi connectivity index (χ0n) is 17.2. The van der Waals surface area contributed by atoms with Crippen LogP contribution in [0.5, 0.6) is 0 Å². The van der Waals surface area contributed by atoms with Gasteiger partial charge in [-0.25, -0.2) is 9.78 Å². The molecule has 0 N–H and O–H groups in total. The first-order valence-electron chi connectivity index (χ1n) is 9.90. The highest BCUT2D eigenvalue weighted by Gasteiger charge is 2.35. The van der Waals surface area contributed by atoms with E-state index in [1.54, 1.807) is 11.9 Å². The van der Waals surface area contributed by atoms with Gasteiger partial charge in [-0.15, -0.1) is 0 Å². The summed E-state index contributed by atoms with van der Waals surface area (Å²) in [5, 5.41) is 0. The third-order valence-electron chi connectivity index (χ3n) is 5.57. The Balaban J connectivity index is 1.68. The summed E-state index contributed by atoms with van der Waals surface area (Å²) in [7, 11) is 3.08. The van der Waals surface area contributed by atoms with Crippen LogP contribution < -0.4 is 0 Å². The Morgan fingerprint density at radius 2 is 2.14 bits per heavy atom. The molecule has 28 heavy (non-hydrogen) atoms. The largest absolute Gasteiger partial charge is 0.467 e. The van der Waals surface area contributed by atoms with Crippen molar-refractivity contribution >= 4 is 17.5 Å². The van der Waals surface area contributed by atoms with Gasteiger partial charge in [0.15, 0.2) is 0 Å². The molecular weight excluding hydrogens is 356 g/mol. The third kappa shape index (κ3) is 4.19. The zero-order valence-corrected chi connectivity index (χ0v) is 17.2. The van der Waals surface area contributed by atoms with Crippen LogP contribution in [0.4, 0.5) is 0 Å². The Hall–Kier alpha value is -2.41. The molecule has 2 aromatic rings. The molecular formula is C21H30N4O3. The van der Waals surface area contributed by atoms with E-state index >= 15 is 0 Å². The van der Waals surface area contributed by atoms with Crippen molar-refractivity contribution in [2.75, 3.05) is 27.2 Å². The number of methoxy groups -OCH3 is 1. The number of nitrogens with zero attached hydrogens (tertiary/aromatic N) is 4. The van der Waals surface area contributed by atoms with E-state index in [0.717, 1.165) is 37.3 Å². The SMILES string of the molecule is COC(=O)[C@H](C(C)C)N(C)C(=O)C1CCCN(Cc2cnc3ccccn23)C1. The molecule has 1 aliphatic rings. The van der Waals surface area contributed by atoms with Crippen LogP contribution in [0.25, 0.3) is 5.65 Å². The van der Waals surface area contributed by atoms with E-state index in [0.29, 0.717) is 6.54 Å². The predicted molar refractivity (Wildman–Crippen MR) is 107 cm³/mol. The highest BCUT2D eigenvalue weighted by molar-refractivity contribution is 5.86. The molecule has 0 bridgehead atoms. The molecule has 0 aliphatic carbocycles. The molecule has 1 saturated heterocycles. The molecule has 152 valence electrons. The van der Waals surface area contributed by atoms with Crippen molar-refractivity contribution in [3.05, 3.63) is 36.3 Å². The molecule has 3 rings (SSSR count). The Kier molecular flexibility index (Phi) is 6.34. The molecule has 2 aromatic heterocycles. The number of carbonyl (C=O) groups excluding carboxylic acids is 2. The molecule has 0 radical (unpaired) electrons. The number of fused-ring (bicyclic) bond motifs is 1. The number of ether oxygens (including phenoxy) is 1. The monoisotopic (exact) mass is 386 g/mol. The van der Waals surface area contributed by atoms with Crippen LogP contribution in [0.1, 0.15) is 32.4 Å². The van der Waals surface area contributed by atoms with Crippen LogP contribution in [0.15, 0.2) is 30.6 Å². The van der Waals surface area contributed by atoms with Gasteiger partial charge in [-0.1, -0.05) is 19.9 Å². The fraction of sp³-hybridized carbons (Fsp3) is 0.571. The van der Waals surface area contributed by atoms with Crippen molar-refractivity contribution < 1.29 is 14.3 Å². The van der Waals surface area contributed by atoms with Crippen molar-refractivity contribution in [3.63, 3.8) is 0 Å². The minimum atomic E-state index is -0.549. The van der Waals surface area contributed by atoms with Crippen LogP contribution in [0.3, 0.4) is 0 Å². The van der Waals surface area contributed by atoms with E-state index in [-0.39, 0.29) is 23.7 Å². The Bertz CT molecular complexity index is 832. The molecule has 7 nitrogen and oxygen atoms in total. The van der Waals surface area contributed by atoms with E-state index in [1.165, 1.54) is 7.11 Å². The van der Waals surface area contributed by atoms with Crippen LogP contribution >= 0.6 is 0 Å². The summed E-state index contributed by atoms with van der Waals surface area (Å²) in [6.45, 7) is 6.27. The average molecular weight is 386 g/mol. The summed E-state index contributed by atoms with van der Waals surface area (Å²) in [6.07, 6.45) is 5.73. The molecule has 3 heterocycles. The van der Waals surface area contributed by atoms with Crippen LogP contribution in [0, 0.1) is 11.8 Å². The van der Waals surface area contributed by atoms with E-state index < -0.39 is 6.04 Å². The Morgan fingerprint density at radius 3 is 2.86 bits per heavy atom. The van der Waals surface area contributed by atoms with Crippen LogP contribution in [0.2, 0.25) is 0 Å². The predicted octanol–water partition coefficient (Wildman–Crippen LogP) is 2.20. The highest BCUT2D eigenvalue weighted by atomic mass is 16.5. The summed E-state index contributed by atoms with van der Waals surface area (Å²) >= 11 is 0. The van der Waals surface area contributed by atoms with E-state index in [1.807, 2.05) is 44.4 Å². The van der Waals surface area contributed by atoms with E-state index in [4.69, 9.17) is 4.74 Å². The van der Waals surface area contributed by atoms with Gasteiger partial charge < -0.3 is 14.0 Å². The highest BCUT2D eigenvalue weighted by Crippen LogP contribution is 2.23. The van der Waals surface area contributed by atoms with Gasteiger partial charge in [0.1, 0.15) is 11.7 Å². The second-order valence-electron chi connectivity index (χ2n) is 7.91. The van der Waals surface area contributed by atoms with Gasteiger partial charge in [-0.2, -0.15) is 0 Å². The number of hydrogen-bond acceptors (Lipinski definition) is 5. The number of carbonyl (C=O) groups is 2. The normalized spacial score (nSPS) is 19.0. The lowest BCUT2D eigenvalue weighted by Gasteiger charge is -2.36. The molecule has 0 saturated carbocycles. The molecule has 1 fully saturated rings. The van der Waals surface area contributed by atoms with E-state index in [2.05, 4.69) is 14.3 Å². The smallest absolute Gasteiger partial charge is 0.328 e. The van der Waals surface area contributed by atoms with Crippen molar-refractivity contribution in [1.29, 1.82) is 0 Å². The average Bonchev–Trinajstić information content (AvgIpc) is 3.10. The molecule has 2 atom stereocenters. The number of likely N-dealkylation sites (N-methyl/N-ethyl adjacent to an activating group) is 1. The first kappa shape index (κ1) is 20.3. The van der Waals surface area contributed by atoms with Gasteiger partial charge >= 0.3 is 5.97 Å². The number of hydrogen-bond donors (Lipinski definition) is 0. The van der Waals surface area contributed by atoms with Crippen LogP contribution in [-0.4, -0.2) is 64.3 Å². The molecule has 0 spiro atoms. The maximum absolute atomic E-state index is 13.1. The number of rotatable bonds is 6. The third-order valence-corrected chi connectivity index (χ3v) is 5.57. The first-order chi connectivity index (χ1) is 13.4. The van der Waals surface area contributed by atoms with Gasteiger partial charge in [-0.05, 0) is 37.4 Å². The summed E-state index contributed by atoms with van der Waals surface area (Å²) in [6, 6.07) is 5.41. The lowest BCUT2D eigenvalue weighted by atomic mass is 9.94. The molecule has 1 amide bonds. The molecule has 0 aromatic carbocycles. The number of likely N-dealkylation sites (tertiary alicyclic amines) is 1. The first-order valence-corrected chi connectivity index (χ1v) is 9.90. The van der Waals surface area contributed by atoms with Crippen molar-refractivity contribution in [2.45, 2.75) is 39.3 Å².